The van der Waals surface area contributed by atoms with Crippen LogP contribution in [0.2, 0.25) is 0 Å². The third-order valence-corrected chi connectivity index (χ3v) is 6.29. The first kappa shape index (κ1) is 22.7. The fourth-order valence-electron chi connectivity index (χ4n) is 4.43. The molecular weight excluding hydrogens is 402 g/mol. The van der Waals surface area contributed by atoms with Crippen LogP contribution in [0.15, 0.2) is 36.4 Å². The van der Waals surface area contributed by atoms with Crippen LogP contribution in [0.3, 0.4) is 0 Å². The molecule has 0 unspecified atom stereocenters. The van der Waals surface area contributed by atoms with Crippen LogP contribution in [0.5, 0.6) is 11.5 Å². The van der Waals surface area contributed by atoms with E-state index in [0.717, 1.165) is 61.4 Å². The number of methoxy groups -OCH3 is 1. The van der Waals surface area contributed by atoms with Gasteiger partial charge < -0.3 is 30.3 Å². The number of ether oxygens (including phenoxy) is 2. The Kier molecular flexibility index (Phi) is 8.45. The summed E-state index contributed by atoms with van der Waals surface area (Å²) in [6, 6.07) is 12.0. The molecule has 0 amide bonds. The van der Waals surface area contributed by atoms with Gasteiger partial charge in [0.25, 0.3) is 0 Å². The third-order valence-electron chi connectivity index (χ3n) is 6.29. The van der Waals surface area contributed by atoms with Gasteiger partial charge in [-0.05, 0) is 88.5 Å². The van der Waals surface area contributed by atoms with Crippen LogP contribution >= 0.6 is 0 Å². The van der Waals surface area contributed by atoms with Crippen molar-refractivity contribution in [1.82, 2.24) is 15.2 Å². The van der Waals surface area contributed by atoms with E-state index in [4.69, 9.17) is 14.5 Å². The molecule has 7 heteroatoms. The summed E-state index contributed by atoms with van der Waals surface area (Å²) in [5.74, 6) is 3.94. The molecule has 7 nitrogen and oxygen atoms in total. The molecule has 3 N–H and O–H groups in total. The number of likely N-dealkylation sites (tertiary alicyclic amines) is 1. The molecule has 4 rings (SSSR count). The minimum atomic E-state index is 0.685. The lowest BCUT2D eigenvalue weighted by Crippen LogP contribution is -2.31. The molecule has 0 spiro atoms. The lowest BCUT2D eigenvalue weighted by Gasteiger charge is -2.23. The molecule has 2 aromatic rings. The van der Waals surface area contributed by atoms with Gasteiger partial charge in [0.2, 0.25) is 0 Å². The van der Waals surface area contributed by atoms with Crippen LogP contribution in [0, 0.1) is 5.92 Å². The first-order valence-electron chi connectivity index (χ1n) is 12.0. The Morgan fingerprint density at radius 1 is 1.06 bits per heavy atom. The van der Waals surface area contributed by atoms with Crippen molar-refractivity contribution >= 4 is 17.3 Å². The number of benzene rings is 1. The van der Waals surface area contributed by atoms with Crippen molar-refractivity contribution in [3.05, 3.63) is 36.4 Å². The molecule has 174 valence electrons. The zero-order valence-electron chi connectivity index (χ0n) is 19.2. The standard InChI is InChI=1S/C25H37N5O2/c1-31-22-9-8-21(18-23(22)32-17-5-16-30-14-2-3-15-30)28-25-7-4-6-24(29-25)27-19-20-10-12-26-13-11-20/h4,6-9,18,20,26H,2-3,5,10-17,19H2,1H3,(H2,27,28,29). The summed E-state index contributed by atoms with van der Waals surface area (Å²) in [5.41, 5.74) is 0.934. The Hall–Kier alpha value is -2.51. The van der Waals surface area contributed by atoms with E-state index in [9.17, 15) is 0 Å². The highest BCUT2D eigenvalue weighted by Crippen LogP contribution is 2.31. The van der Waals surface area contributed by atoms with Crippen molar-refractivity contribution in [2.45, 2.75) is 32.1 Å². The van der Waals surface area contributed by atoms with Gasteiger partial charge in [0.15, 0.2) is 11.5 Å². The molecule has 0 saturated carbocycles. The number of nitrogens with zero attached hydrogens (tertiary/aromatic N) is 2. The summed E-state index contributed by atoms with van der Waals surface area (Å²) in [6.07, 6.45) is 6.11. The van der Waals surface area contributed by atoms with Gasteiger partial charge in [-0.25, -0.2) is 4.98 Å². The van der Waals surface area contributed by atoms with Crippen LogP contribution in [0.25, 0.3) is 0 Å². The normalized spacial score (nSPS) is 17.3. The summed E-state index contributed by atoms with van der Waals surface area (Å²) in [5, 5.41) is 10.3. The molecule has 0 aliphatic carbocycles. The highest BCUT2D eigenvalue weighted by Gasteiger charge is 2.13. The summed E-state index contributed by atoms with van der Waals surface area (Å²) in [7, 11) is 1.68. The van der Waals surface area contributed by atoms with Crippen molar-refractivity contribution in [3.63, 3.8) is 0 Å². The Bertz CT molecular complexity index is 835. The first-order chi connectivity index (χ1) is 15.8. The highest BCUT2D eigenvalue weighted by atomic mass is 16.5. The van der Waals surface area contributed by atoms with Crippen LogP contribution in [-0.4, -0.2) is 62.9 Å². The van der Waals surface area contributed by atoms with Crippen molar-refractivity contribution in [1.29, 1.82) is 0 Å². The zero-order chi connectivity index (χ0) is 22.0. The Morgan fingerprint density at radius 3 is 2.69 bits per heavy atom. The Morgan fingerprint density at radius 2 is 1.88 bits per heavy atom. The predicted octanol–water partition coefficient (Wildman–Crippen LogP) is 4.11. The van der Waals surface area contributed by atoms with Crippen molar-refractivity contribution in [3.8, 4) is 11.5 Å². The Balaban J connectivity index is 1.31. The molecular formula is C25H37N5O2. The van der Waals surface area contributed by atoms with Crippen LogP contribution in [0.4, 0.5) is 17.3 Å². The van der Waals surface area contributed by atoms with E-state index in [1.165, 1.54) is 38.8 Å². The maximum Gasteiger partial charge on any atom is 0.163 e. The summed E-state index contributed by atoms with van der Waals surface area (Å²) < 4.78 is 11.6. The second kappa shape index (κ2) is 11.9. The molecule has 0 radical (unpaired) electrons. The van der Waals surface area contributed by atoms with E-state index >= 15 is 0 Å². The molecule has 2 saturated heterocycles. The van der Waals surface area contributed by atoms with Gasteiger partial charge in [0.1, 0.15) is 11.6 Å². The number of anilines is 3. The average Bonchev–Trinajstić information content (AvgIpc) is 3.35. The van der Waals surface area contributed by atoms with Gasteiger partial charge >= 0.3 is 0 Å². The molecule has 0 bridgehead atoms. The molecule has 1 aromatic carbocycles. The van der Waals surface area contributed by atoms with Crippen LogP contribution < -0.4 is 25.4 Å². The summed E-state index contributed by atoms with van der Waals surface area (Å²) >= 11 is 0. The van der Waals surface area contributed by atoms with Crippen molar-refractivity contribution < 1.29 is 9.47 Å². The average molecular weight is 440 g/mol. The number of aromatic nitrogens is 1. The number of hydrogen-bond donors (Lipinski definition) is 3. The minimum absolute atomic E-state index is 0.685. The van der Waals surface area contributed by atoms with E-state index in [1.54, 1.807) is 7.11 Å². The number of piperidine rings is 1. The number of hydrogen-bond acceptors (Lipinski definition) is 7. The van der Waals surface area contributed by atoms with Gasteiger partial charge in [-0.1, -0.05) is 6.07 Å². The molecule has 2 fully saturated rings. The second-order valence-corrected chi connectivity index (χ2v) is 8.72. The Labute approximate surface area is 191 Å². The van der Waals surface area contributed by atoms with Crippen molar-refractivity contribution in [2.24, 2.45) is 5.92 Å². The van der Waals surface area contributed by atoms with E-state index in [2.05, 4.69) is 20.9 Å². The highest BCUT2D eigenvalue weighted by molar-refractivity contribution is 5.62. The third kappa shape index (κ3) is 6.74. The lowest BCUT2D eigenvalue weighted by atomic mass is 9.98. The molecule has 1 aromatic heterocycles. The van der Waals surface area contributed by atoms with E-state index in [-0.39, 0.29) is 0 Å². The number of pyridine rings is 1. The molecule has 32 heavy (non-hydrogen) atoms. The van der Waals surface area contributed by atoms with Gasteiger partial charge in [-0.3, -0.25) is 0 Å². The van der Waals surface area contributed by atoms with E-state index in [0.29, 0.717) is 12.5 Å². The minimum Gasteiger partial charge on any atom is -0.493 e. The van der Waals surface area contributed by atoms with E-state index in [1.807, 2.05) is 36.4 Å². The molecule has 3 heterocycles. The number of rotatable bonds is 11. The lowest BCUT2D eigenvalue weighted by molar-refractivity contribution is 0.254. The summed E-state index contributed by atoms with van der Waals surface area (Å²) in [6.45, 7) is 7.42. The summed E-state index contributed by atoms with van der Waals surface area (Å²) in [4.78, 5) is 7.24. The first-order valence-corrected chi connectivity index (χ1v) is 12.0. The van der Waals surface area contributed by atoms with E-state index < -0.39 is 0 Å². The van der Waals surface area contributed by atoms with Crippen molar-refractivity contribution in [2.75, 3.05) is 63.6 Å². The van der Waals surface area contributed by atoms with Gasteiger partial charge in [0, 0.05) is 24.8 Å². The van der Waals surface area contributed by atoms with Gasteiger partial charge in [0.05, 0.1) is 13.7 Å². The molecule has 2 aliphatic rings. The largest absolute Gasteiger partial charge is 0.493 e. The smallest absolute Gasteiger partial charge is 0.163 e. The van der Waals surface area contributed by atoms with Crippen LogP contribution in [0.1, 0.15) is 32.1 Å². The van der Waals surface area contributed by atoms with Gasteiger partial charge in [-0.15, -0.1) is 0 Å². The maximum atomic E-state index is 6.07. The fraction of sp³-hybridized carbons (Fsp3) is 0.560. The number of nitrogens with one attached hydrogen (secondary N) is 3. The molecule has 2 aliphatic heterocycles. The quantitative estimate of drug-likeness (QED) is 0.455. The van der Waals surface area contributed by atoms with Gasteiger partial charge in [-0.2, -0.15) is 0 Å². The second-order valence-electron chi connectivity index (χ2n) is 8.72. The topological polar surface area (TPSA) is 70.7 Å². The zero-order valence-corrected chi connectivity index (χ0v) is 19.2. The maximum absolute atomic E-state index is 6.07. The van der Waals surface area contributed by atoms with Crippen LogP contribution in [-0.2, 0) is 0 Å². The SMILES string of the molecule is COc1ccc(Nc2cccc(NCC3CCNCC3)n2)cc1OCCCN1CCCC1. The molecule has 0 atom stereocenters. The predicted molar refractivity (Wildman–Crippen MR) is 130 cm³/mol. The fourth-order valence-corrected chi connectivity index (χ4v) is 4.43. The monoisotopic (exact) mass is 439 g/mol.